The molecule has 3 aliphatic heterocycles. The molecule has 0 radical (unpaired) electrons. The molecule has 7 rings (SSSR count). The van der Waals surface area contributed by atoms with Gasteiger partial charge in [0.2, 0.25) is 5.95 Å². The summed E-state index contributed by atoms with van der Waals surface area (Å²) in [5.74, 6) is -0.0969. The van der Waals surface area contributed by atoms with E-state index in [4.69, 9.17) is 54.0 Å². The van der Waals surface area contributed by atoms with Crippen LogP contribution in [0.2, 0.25) is 0 Å². The molecule has 27 heteroatoms. The van der Waals surface area contributed by atoms with Gasteiger partial charge in [-0.05, 0) is 0 Å². The summed E-state index contributed by atoms with van der Waals surface area (Å²) in [5, 5.41) is 27.8. The molecule has 0 spiro atoms. The number of rotatable bonds is 2. The van der Waals surface area contributed by atoms with E-state index in [1.165, 1.54) is 28.1 Å². The van der Waals surface area contributed by atoms with Gasteiger partial charge in [-0.3, -0.25) is 29.1 Å². The molecular formula is C20H32N14O9P2S2. The van der Waals surface area contributed by atoms with Crippen molar-refractivity contribution in [3.8, 4) is 0 Å². The number of anilines is 2. The lowest BCUT2D eigenvalue weighted by Gasteiger charge is -2.38. The highest BCUT2D eigenvalue weighted by molar-refractivity contribution is 8.33. The number of aromatic nitrogens is 8. The van der Waals surface area contributed by atoms with E-state index < -0.39 is 81.1 Å². The number of nitrogen functional groups attached to an aromatic ring is 2. The third kappa shape index (κ3) is 6.41. The van der Waals surface area contributed by atoms with E-state index in [0.717, 1.165) is 0 Å². The molecule has 23 nitrogen and oxygen atoms in total. The predicted molar refractivity (Wildman–Crippen MR) is 169 cm³/mol. The molecule has 0 amide bonds. The Morgan fingerprint density at radius 2 is 1.51 bits per heavy atom. The largest absolute Gasteiger partial charge is 0.789 e. The lowest BCUT2D eigenvalue weighted by molar-refractivity contribution is -0.190. The highest BCUT2D eigenvalue weighted by Gasteiger charge is 2.49. The van der Waals surface area contributed by atoms with Gasteiger partial charge in [0.1, 0.15) is 43.0 Å². The van der Waals surface area contributed by atoms with Crippen molar-refractivity contribution in [1.82, 2.24) is 61.5 Å². The minimum atomic E-state index is -4.16. The van der Waals surface area contributed by atoms with E-state index in [1.807, 2.05) is 0 Å². The number of nitrogens with zero attached hydrogens (tertiary/aromatic N) is 7. The lowest BCUT2D eigenvalue weighted by atomic mass is 10.1. The topological polar surface area (TPSA) is 374 Å². The first-order valence-electron chi connectivity index (χ1n) is 13.1. The van der Waals surface area contributed by atoms with Crippen molar-refractivity contribution in [2.45, 2.75) is 49.0 Å². The minimum Gasteiger partial charge on any atom is -0.789 e. The summed E-state index contributed by atoms with van der Waals surface area (Å²) >= 11 is 10.5. The van der Waals surface area contributed by atoms with Gasteiger partial charge < -0.3 is 74.2 Å². The summed E-state index contributed by atoms with van der Waals surface area (Å²) in [5.41, 5.74) is 11.4. The Labute approximate surface area is 273 Å². The van der Waals surface area contributed by atoms with Crippen LogP contribution in [0.5, 0.6) is 0 Å². The van der Waals surface area contributed by atoms with Gasteiger partial charge >= 0.3 is 0 Å². The Balaban J connectivity index is 0.00000217. The highest BCUT2D eigenvalue weighted by atomic mass is 32.7. The Morgan fingerprint density at radius 3 is 2.17 bits per heavy atom. The zero-order valence-electron chi connectivity index (χ0n) is 24.5. The van der Waals surface area contributed by atoms with Crippen LogP contribution in [0.4, 0.5) is 11.8 Å². The average molecular weight is 739 g/mol. The standard InChI is InChI=1S/C20H26N12O9P2S2.2H3N/c21-14-10-15(24-3-23-14)31(4-25-10)18-12(33)8-6(40-18)1-38-43(37,45)30-9-7(2-39-42(36,44)29-8)41-19(13(9)34)32-5-26-11-16(32)27-20(22)28-17(11)35;;/h3-9,12-13,18-19,33-34H,1-2H2,(H2,21,23,24)(H2,29,36,44)(H2,30,37,45)(H3,22,27,28,35);2*1H3/t6-,7-,8-,9-,12-,13-,18-,19-,42?,43?;;/m1../s1. The molecular weight excluding hydrogens is 706 g/mol. The minimum absolute atomic E-state index is 0. The van der Waals surface area contributed by atoms with Gasteiger partial charge in [-0.1, -0.05) is 11.8 Å². The molecule has 0 bridgehead atoms. The molecule has 7 heterocycles. The number of hydrogen-bond acceptors (Lipinski definition) is 18. The first kappa shape index (κ1) is 35.6. The number of nitrogens with one attached hydrogen (secondary N) is 3. The summed E-state index contributed by atoms with van der Waals surface area (Å²) in [7, 11) is 0. The molecule has 3 saturated heterocycles. The normalized spacial score (nSPS) is 36.1. The van der Waals surface area contributed by atoms with Gasteiger partial charge in [0.05, 0.1) is 44.6 Å². The zero-order valence-corrected chi connectivity index (χ0v) is 27.9. The van der Waals surface area contributed by atoms with Crippen LogP contribution in [-0.2, 0) is 47.1 Å². The van der Waals surface area contributed by atoms with Crippen molar-refractivity contribution in [2.75, 3.05) is 24.7 Å². The fourth-order valence-electron chi connectivity index (χ4n) is 5.52. The number of H-pyrrole nitrogens is 1. The summed E-state index contributed by atoms with van der Waals surface area (Å²) < 4.78 is 39.3. The molecule has 10 atom stereocenters. The number of nitrogens with two attached hydrogens (primary N) is 2. The molecule has 47 heavy (non-hydrogen) atoms. The maximum atomic E-state index is 13.5. The van der Waals surface area contributed by atoms with Crippen LogP contribution in [-0.4, -0.2) is 99.0 Å². The highest BCUT2D eigenvalue weighted by Crippen LogP contribution is 2.47. The quantitative estimate of drug-likeness (QED) is 0.0764. The molecule has 0 aromatic carbocycles. The van der Waals surface area contributed by atoms with Crippen molar-refractivity contribution >= 4 is 71.5 Å². The van der Waals surface area contributed by atoms with E-state index in [9.17, 15) is 24.5 Å². The van der Waals surface area contributed by atoms with Gasteiger partial charge in [-0.25, -0.2) is 19.9 Å². The second-order valence-corrected chi connectivity index (χ2v) is 16.3. The number of fused-ring (bicyclic) bond motifs is 4. The Kier molecular flexibility index (Phi) is 9.81. The Bertz CT molecular complexity index is 1950. The number of ether oxygens (including phenoxy) is 2. The van der Waals surface area contributed by atoms with Crippen LogP contribution < -0.4 is 44.4 Å². The summed E-state index contributed by atoms with van der Waals surface area (Å²) in [6.45, 7) is -9.29. The Hall–Kier alpha value is -2.71. The van der Waals surface area contributed by atoms with E-state index in [-0.39, 0.29) is 46.4 Å². The van der Waals surface area contributed by atoms with Crippen LogP contribution in [0.25, 0.3) is 22.3 Å². The van der Waals surface area contributed by atoms with E-state index >= 15 is 0 Å². The molecule has 258 valence electrons. The van der Waals surface area contributed by atoms with Crippen molar-refractivity contribution in [3.63, 3.8) is 0 Å². The summed E-state index contributed by atoms with van der Waals surface area (Å²) in [4.78, 5) is 48.4. The molecule has 2 unspecified atom stereocenters. The van der Waals surface area contributed by atoms with Crippen LogP contribution in [0.3, 0.4) is 0 Å². The monoisotopic (exact) mass is 738 g/mol. The molecule has 3 fully saturated rings. The molecule has 3 aliphatic rings. The van der Waals surface area contributed by atoms with E-state index in [2.05, 4.69) is 40.1 Å². The third-order valence-corrected chi connectivity index (χ3v) is 11.0. The van der Waals surface area contributed by atoms with Gasteiger partial charge in [0.15, 0.2) is 35.1 Å². The van der Waals surface area contributed by atoms with Crippen molar-refractivity contribution in [1.29, 1.82) is 0 Å². The van der Waals surface area contributed by atoms with Gasteiger partial charge in [0.25, 0.3) is 5.56 Å². The van der Waals surface area contributed by atoms with Crippen LogP contribution in [0, 0.1) is 0 Å². The summed E-state index contributed by atoms with van der Waals surface area (Å²) in [6.07, 6.45) is -3.85. The number of quaternary nitrogens is 2. The van der Waals surface area contributed by atoms with Crippen molar-refractivity contribution in [2.24, 2.45) is 0 Å². The second-order valence-electron chi connectivity index (χ2n) is 10.4. The first-order chi connectivity index (χ1) is 21.3. The maximum Gasteiger partial charge on any atom is 0.280 e. The van der Waals surface area contributed by atoms with Crippen LogP contribution in [0.1, 0.15) is 12.5 Å². The lowest BCUT2D eigenvalue weighted by Crippen LogP contribution is -2.49. The van der Waals surface area contributed by atoms with Crippen LogP contribution >= 0.6 is 13.4 Å². The van der Waals surface area contributed by atoms with Gasteiger partial charge in [-0.2, -0.15) is 4.98 Å². The fourth-order valence-corrected chi connectivity index (χ4v) is 8.82. The third-order valence-electron chi connectivity index (χ3n) is 7.57. The maximum absolute atomic E-state index is 13.5. The average Bonchev–Trinajstić information content (AvgIpc) is 3.72. The second kappa shape index (κ2) is 13.0. The molecule has 0 aliphatic carbocycles. The molecule has 17 N–H and O–H groups in total. The molecule has 4 aromatic heterocycles. The number of hydrogen-bond donors (Lipinski definition) is 9. The summed E-state index contributed by atoms with van der Waals surface area (Å²) in [6, 6.07) is -2.39. The van der Waals surface area contributed by atoms with Crippen molar-refractivity contribution in [3.05, 3.63) is 29.3 Å². The predicted octanol–water partition coefficient (Wildman–Crippen LogP) is -2.40. The number of aliphatic hydroxyl groups is 2. The number of aromatic amines is 1. The number of aliphatic hydroxyl groups excluding tert-OH is 2. The SMILES string of the molecule is Nc1nc2c(ncn2[C@@H]2O[C@@H]3COP([O-])(=S)N[C@H]4[C@@H](O)[C@H](n5cnc6c(N)ncnc65)O[C@@H]4COP(=O)([S-])N[C@H]3[C@H]2O)c(=O)[nH]1.[NH4+].[NH4+]. The fraction of sp³-hybridized carbons (Fsp3) is 0.500. The zero-order chi connectivity index (χ0) is 31.8. The van der Waals surface area contributed by atoms with Crippen molar-refractivity contribution < 1.29 is 38.2 Å². The molecule has 0 saturated carbocycles. The molecule has 4 aromatic rings. The van der Waals surface area contributed by atoms with Gasteiger partial charge in [0, 0.05) is 0 Å². The van der Waals surface area contributed by atoms with Crippen LogP contribution in [0.15, 0.2) is 23.8 Å². The smallest absolute Gasteiger partial charge is 0.280 e. The Morgan fingerprint density at radius 1 is 0.936 bits per heavy atom. The van der Waals surface area contributed by atoms with E-state index in [1.54, 1.807) is 0 Å². The van der Waals surface area contributed by atoms with E-state index in [0.29, 0.717) is 0 Å². The first-order valence-corrected chi connectivity index (χ1v) is 18.4. The number of imidazole rings is 2. The van der Waals surface area contributed by atoms with Gasteiger partial charge in [-0.15, -0.1) is 0 Å².